The zero-order valence-corrected chi connectivity index (χ0v) is 9.89. The van der Waals surface area contributed by atoms with Crippen LogP contribution < -0.4 is 4.74 Å². The van der Waals surface area contributed by atoms with Crippen molar-refractivity contribution in [3.63, 3.8) is 0 Å². The molecule has 6 heteroatoms. The zero-order chi connectivity index (χ0) is 13.2. The highest BCUT2D eigenvalue weighted by Crippen LogP contribution is 2.34. The van der Waals surface area contributed by atoms with Crippen LogP contribution in [0.5, 0.6) is 5.75 Å². The van der Waals surface area contributed by atoms with Crippen LogP contribution in [-0.2, 0) is 11.0 Å². The first-order chi connectivity index (χ1) is 7.70. The van der Waals surface area contributed by atoms with Gasteiger partial charge in [-0.15, -0.1) is 0 Å². The van der Waals surface area contributed by atoms with Gasteiger partial charge in [-0.05, 0) is 32.0 Å². The number of hydrogen-bond acceptors (Lipinski definition) is 2. The van der Waals surface area contributed by atoms with Crippen LogP contribution in [0.3, 0.4) is 0 Å². The molecule has 0 heterocycles. The fourth-order valence-corrected chi connectivity index (χ4v) is 1.31. The van der Waals surface area contributed by atoms with Crippen molar-refractivity contribution < 1.29 is 22.7 Å². The summed E-state index contributed by atoms with van der Waals surface area (Å²) in [5, 5.41) is -0.0921. The lowest BCUT2D eigenvalue weighted by atomic mass is 10.2. The third kappa shape index (κ3) is 3.93. The Hall–Kier alpha value is -1.23. The maximum absolute atomic E-state index is 12.5. The second-order valence-corrected chi connectivity index (χ2v) is 3.98. The largest absolute Gasteiger partial charge is 0.483 e. The smallest absolute Gasteiger partial charge is 0.416 e. The van der Waals surface area contributed by atoms with Crippen molar-refractivity contribution in [1.29, 1.82) is 0 Å². The lowest BCUT2D eigenvalue weighted by molar-refractivity contribution is -0.137. The molecule has 0 aliphatic rings. The summed E-state index contributed by atoms with van der Waals surface area (Å²) in [6.07, 6.45) is -5.31. The van der Waals surface area contributed by atoms with E-state index in [9.17, 15) is 18.0 Å². The predicted octanol–water partition coefficient (Wildman–Crippen LogP) is 3.72. The minimum atomic E-state index is -4.50. The molecule has 0 fully saturated rings. The van der Waals surface area contributed by atoms with Gasteiger partial charge in [0.1, 0.15) is 5.75 Å². The van der Waals surface area contributed by atoms with Gasteiger partial charge in [0, 0.05) is 5.02 Å². The first kappa shape index (κ1) is 13.8. The number of carbonyl (C=O) groups excluding carboxylic acids is 1. The van der Waals surface area contributed by atoms with Crippen molar-refractivity contribution in [2.24, 2.45) is 0 Å². The van der Waals surface area contributed by atoms with Crippen LogP contribution in [0.4, 0.5) is 13.2 Å². The van der Waals surface area contributed by atoms with Crippen LogP contribution >= 0.6 is 11.6 Å². The van der Waals surface area contributed by atoms with E-state index in [4.69, 9.17) is 16.3 Å². The number of rotatable bonds is 3. The summed E-state index contributed by atoms with van der Waals surface area (Å²) in [4.78, 5) is 10.9. The van der Waals surface area contributed by atoms with Crippen LogP contribution in [0.2, 0.25) is 5.02 Å². The Kier molecular flexibility index (Phi) is 4.03. The van der Waals surface area contributed by atoms with Crippen molar-refractivity contribution in [3.8, 4) is 5.75 Å². The van der Waals surface area contributed by atoms with E-state index in [-0.39, 0.29) is 16.6 Å². The fraction of sp³-hybridized carbons (Fsp3) is 0.364. The Balaban J connectivity index is 3.02. The topological polar surface area (TPSA) is 26.3 Å². The molecule has 0 aliphatic carbocycles. The maximum Gasteiger partial charge on any atom is 0.416 e. The second kappa shape index (κ2) is 4.96. The highest BCUT2D eigenvalue weighted by atomic mass is 35.5. The average molecular weight is 267 g/mol. The van der Waals surface area contributed by atoms with Gasteiger partial charge in [0.15, 0.2) is 11.9 Å². The van der Waals surface area contributed by atoms with Crippen LogP contribution in [0.25, 0.3) is 0 Å². The highest BCUT2D eigenvalue weighted by Gasteiger charge is 2.31. The Morgan fingerprint density at radius 3 is 2.41 bits per heavy atom. The van der Waals surface area contributed by atoms with Gasteiger partial charge in [-0.2, -0.15) is 13.2 Å². The van der Waals surface area contributed by atoms with Gasteiger partial charge in [-0.1, -0.05) is 11.6 Å². The number of hydrogen-bond donors (Lipinski definition) is 0. The predicted molar refractivity (Wildman–Crippen MR) is 57.2 cm³/mol. The third-order valence-corrected chi connectivity index (χ3v) is 2.30. The molecule has 1 rings (SSSR count). The van der Waals surface area contributed by atoms with E-state index < -0.39 is 17.8 Å². The Bertz CT molecular complexity index is 429. The van der Waals surface area contributed by atoms with Gasteiger partial charge in [-0.25, -0.2) is 0 Å². The SMILES string of the molecule is CC(=O)C(C)Oc1cc(Cl)cc(C(F)(F)F)c1. The third-order valence-electron chi connectivity index (χ3n) is 2.08. The molecule has 0 bridgehead atoms. The van der Waals surface area contributed by atoms with Crippen molar-refractivity contribution in [3.05, 3.63) is 28.8 Å². The molecule has 0 saturated heterocycles. The number of ether oxygens (including phenoxy) is 1. The quantitative estimate of drug-likeness (QED) is 0.833. The minimum Gasteiger partial charge on any atom is -0.483 e. The summed E-state index contributed by atoms with van der Waals surface area (Å²) in [6, 6.07) is 2.84. The maximum atomic E-state index is 12.5. The molecule has 0 N–H and O–H groups in total. The normalized spacial score (nSPS) is 13.3. The summed E-state index contributed by atoms with van der Waals surface area (Å²) in [7, 11) is 0. The minimum absolute atomic E-state index is 0.0764. The molecule has 1 aromatic carbocycles. The molecule has 0 amide bonds. The van der Waals surface area contributed by atoms with Crippen molar-refractivity contribution in [2.45, 2.75) is 26.1 Å². The number of ketones is 1. The molecule has 2 nitrogen and oxygen atoms in total. The van der Waals surface area contributed by atoms with E-state index >= 15 is 0 Å². The number of Topliss-reactive ketones (excluding diaryl/α,β-unsaturated/α-hetero) is 1. The van der Waals surface area contributed by atoms with E-state index in [1.165, 1.54) is 19.9 Å². The molecule has 94 valence electrons. The zero-order valence-electron chi connectivity index (χ0n) is 9.14. The number of benzene rings is 1. The van der Waals surface area contributed by atoms with Crippen LogP contribution in [0.15, 0.2) is 18.2 Å². The molecule has 1 atom stereocenters. The van der Waals surface area contributed by atoms with Crippen LogP contribution in [0, 0.1) is 0 Å². The van der Waals surface area contributed by atoms with Crippen LogP contribution in [0.1, 0.15) is 19.4 Å². The molecule has 0 aliphatic heterocycles. The van der Waals surface area contributed by atoms with E-state index in [2.05, 4.69) is 0 Å². The molecule has 1 aromatic rings. The van der Waals surface area contributed by atoms with Gasteiger partial charge in [-0.3, -0.25) is 4.79 Å². The molecule has 0 aromatic heterocycles. The summed E-state index contributed by atoms with van der Waals surface area (Å²) in [6.45, 7) is 2.75. The molecular formula is C11H10ClF3O2. The van der Waals surface area contributed by atoms with Gasteiger partial charge >= 0.3 is 6.18 Å². The monoisotopic (exact) mass is 266 g/mol. The van der Waals surface area contributed by atoms with Crippen LogP contribution in [-0.4, -0.2) is 11.9 Å². The number of alkyl halides is 3. The Morgan fingerprint density at radius 2 is 1.94 bits per heavy atom. The molecule has 0 saturated carbocycles. The van der Waals surface area contributed by atoms with Gasteiger partial charge in [0.2, 0.25) is 0 Å². The molecular weight excluding hydrogens is 257 g/mol. The molecule has 0 radical (unpaired) electrons. The second-order valence-electron chi connectivity index (χ2n) is 3.54. The van der Waals surface area contributed by atoms with E-state index in [0.717, 1.165) is 12.1 Å². The average Bonchev–Trinajstić information content (AvgIpc) is 2.15. The Labute approximate surface area is 101 Å². The van der Waals surface area contributed by atoms with Gasteiger partial charge in [0.05, 0.1) is 5.56 Å². The van der Waals surface area contributed by atoms with Crippen molar-refractivity contribution >= 4 is 17.4 Å². The lowest BCUT2D eigenvalue weighted by Crippen LogP contribution is -2.21. The van der Waals surface area contributed by atoms with E-state index in [1.807, 2.05) is 0 Å². The summed E-state index contributed by atoms with van der Waals surface area (Å²) in [5.74, 6) is -0.356. The van der Waals surface area contributed by atoms with E-state index in [0.29, 0.717) is 0 Å². The molecule has 17 heavy (non-hydrogen) atoms. The van der Waals surface area contributed by atoms with Gasteiger partial charge < -0.3 is 4.74 Å². The van der Waals surface area contributed by atoms with E-state index in [1.54, 1.807) is 0 Å². The summed E-state index contributed by atoms with van der Waals surface area (Å²) >= 11 is 5.55. The first-order valence-electron chi connectivity index (χ1n) is 4.75. The highest BCUT2D eigenvalue weighted by molar-refractivity contribution is 6.30. The number of halogens is 4. The first-order valence-corrected chi connectivity index (χ1v) is 5.13. The molecule has 0 spiro atoms. The lowest BCUT2D eigenvalue weighted by Gasteiger charge is -2.14. The van der Waals surface area contributed by atoms with Crippen molar-refractivity contribution in [1.82, 2.24) is 0 Å². The standard InChI is InChI=1S/C11H10ClF3O2/c1-6(16)7(2)17-10-4-8(11(13,14)15)3-9(12)5-10/h3-5,7H,1-2H3. The van der Waals surface area contributed by atoms with Gasteiger partial charge in [0.25, 0.3) is 0 Å². The molecule has 1 unspecified atom stereocenters. The Morgan fingerprint density at radius 1 is 1.35 bits per heavy atom. The summed E-state index contributed by atoms with van der Waals surface area (Å²) < 4.78 is 42.4. The fourth-order valence-electron chi connectivity index (χ4n) is 1.08. The summed E-state index contributed by atoms with van der Waals surface area (Å²) in [5.41, 5.74) is -0.907. The van der Waals surface area contributed by atoms with Crippen molar-refractivity contribution in [2.75, 3.05) is 0 Å². The number of carbonyl (C=O) groups is 1.